The molecule has 1 saturated heterocycles. The molecule has 0 unspecified atom stereocenters. The summed E-state index contributed by atoms with van der Waals surface area (Å²) in [6, 6.07) is 16.2. The maximum absolute atomic E-state index is 14.0. The summed E-state index contributed by atoms with van der Waals surface area (Å²) in [4.78, 5) is 18.6. The lowest BCUT2D eigenvalue weighted by molar-refractivity contribution is 0.0633. The molecule has 0 aliphatic carbocycles. The van der Waals surface area contributed by atoms with Crippen LogP contribution in [0.25, 0.3) is 10.4 Å². The van der Waals surface area contributed by atoms with Crippen LogP contribution in [0.2, 0.25) is 0 Å². The number of benzene rings is 2. The Morgan fingerprint density at radius 1 is 0.968 bits per heavy atom. The fourth-order valence-corrected chi connectivity index (χ4v) is 4.76. The van der Waals surface area contributed by atoms with E-state index < -0.39 is 0 Å². The standard InChI is InChI=1S/C24H25FN2O3S/c1-29-20-8-7-17(15-21(20)30-2)16-26-11-13-27(14-12-26)24(28)23-10-9-22(31-23)18-5-3-4-6-19(18)25/h3-10,15H,11-14,16H2,1-2H3. The summed E-state index contributed by atoms with van der Waals surface area (Å²) in [6.45, 7) is 3.72. The predicted molar refractivity (Wildman–Crippen MR) is 120 cm³/mol. The number of nitrogens with zero attached hydrogens (tertiary/aromatic N) is 2. The summed E-state index contributed by atoms with van der Waals surface area (Å²) in [7, 11) is 3.26. The Bertz CT molecular complexity index is 1060. The van der Waals surface area contributed by atoms with Gasteiger partial charge in [0.2, 0.25) is 0 Å². The molecule has 3 aromatic rings. The van der Waals surface area contributed by atoms with Crippen molar-refractivity contribution < 1.29 is 18.7 Å². The van der Waals surface area contributed by atoms with Crippen molar-refractivity contribution in [3.8, 4) is 21.9 Å². The molecule has 31 heavy (non-hydrogen) atoms. The number of ether oxygens (including phenoxy) is 2. The molecule has 0 bridgehead atoms. The van der Waals surface area contributed by atoms with Gasteiger partial charge in [-0.15, -0.1) is 11.3 Å². The van der Waals surface area contributed by atoms with Crippen molar-refractivity contribution in [3.63, 3.8) is 0 Å². The average molecular weight is 441 g/mol. The number of rotatable bonds is 6. The molecule has 1 aromatic heterocycles. The highest BCUT2D eigenvalue weighted by Gasteiger charge is 2.24. The fraction of sp³-hybridized carbons (Fsp3) is 0.292. The van der Waals surface area contributed by atoms with Crippen LogP contribution in [0.3, 0.4) is 0 Å². The molecule has 1 aliphatic heterocycles. The summed E-state index contributed by atoms with van der Waals surface area (Å²) >= 11 is 1.34. The number of hydrogen-bond acceptors (Lipinski definition) is 5. The van der Waals surface area contributed by atoms with Gasteiger partial charge in [0.25, 0.3) is 5.91 Å². The van der Waals surface area contributed by atoms with Gasteiger partial charge in [0.15, 0.2) is 11.5 Å². The number of methoxy groups -OCH3 is 2. The van der Waals surface area contributed by atoms with Gasteiger partial charge in [-0.25, -0.2) is 4.39 Å². The highest BCUT2D eigenvalue weighted by atomic mass is 32.1. The van der Waals surface area contributed by atoms with Crippen molar-refractivity contribution in [1.29, 1.82) is 0 Å². The number of piperazine rings is 1. The molecule has 1 aliphatic rings. The third kappa shape index (κ3) is 4.73. The zero-order valence-electron chi connectivity index (χ0n) is 17.6. The zero-order valence-corrected chi connectivity index (χ0v) is 18.5. The minimum absolute atomic E-state index is 0.0124. The van der Waals surface area contributed by atoms with Crippen LogP contribution >= 0.6 is 11.3 Å². The van der Waals surface area contributed by atoms with Gasteiger partial charge in [-0.2, -0.15) is 0 Å². The summed E-state index contributed by atoms with van der Waals surface area (Å²) in [5.41, 5.74) is 1.68. The van der Waals surface area contributed by atoms with Crippen LogP contribution in [0.15, 0.2) is 54.6 Å². The lowest BCUT2D eigenvalue weighted by atomic mass is 10.1. The van der Waals surface area contributed by atoms with Gasteiger partial charge in [-0.1, -0.05) is 24.3 Å². The molecule has 2 aromatic carbocycles. The van der Waals surface area contributed by atoms with Crippen LogP contribution in [0.1, 0.15) is 15.2 Å². The third-order valence-electron chi connectivity index (χ3n) is 5.47. The van der Waals surface area contributed by atoms with Crippen LogP contribution in [0.5, 0.6) is 11.5 Å². The van der Waals surface area contributed by atoms with Crippen molar-refractivity contribution in [3.05, 3.63) is 70.9 Å². The average Bonchev–Trinajstić information content (AvgIpc) is 3.29. The lowest BCUT2D eigenvalue weighted by Crippen LogP contribution is -2.48. The van der Waals surface area contributed by atoms with Gasteiger partial charge in [-0.05, 0) is 35.9 Å². The van der Waals surface area contributed by atoms with E-state index in [1.165, 1.54) is 17.4 Å². The topological polar surface area (TPSA) is 42.0 Å². The number of carbonyl (C=O) groups excluding carboxylic acids is 1. The summed E-state index contributed by atoms with van der Waals surface area (Å²) in [6.07, 6.45) is 0. The van der Waals surface area contributed by atoms with Crippen LogP contribution < -0.4 is 9.47 Å². The lowest BCUT2D eigenvalue weighted by Gasteiger charge is -2.34. The molecule has 1 amide bonds. The number of carbonyl (C=O) groups is 1. The summed E-state index contributed by atoms with van der Waals surface area (Å²) in [5, 5.41) is 0. The quantitative estimate of drug-likeness (QED) is 0.565. The SMILES string of the molecule is COc1ccc(CN2CCN(C(=O)c3ccc(-c4ccccc4F)s3)CC2)cc1OC. The molecular formula is C24H25FN2O3S. The van der Waals surface area contributed by atoms with Crippen LogP contribution in [-0.4, -0.2) is 56.1 Å². The van der Waals surface area contributed by atoms with Gasteiger partial charge in [0.1, 0.15) is 5.82 Å². The Hall–Kier alpha value is -2.90. The Balaban J connectivity index is 1.36. The first-order valence-corrected chi connectivity index (χ1v) is 11.0. The molecule has 162 valence electrons. The molecule has 0 radical (unpaired) electrons. The molecule has 0 atom stereocenters. The molecule has 7 heteroatoms. The van der Waals surface area contributed by atoms with Crippen molar-refractivity contribution in [2.75, 3.05) is 40.4 Å². The van der Waals surface area contributed by atoms with Gasteiger partial charge in [-0.3, -0.25) is 9.69 Å². The Labute approximate surface area is 185 Å². The van der Waals surface area contributed by atoms with Crippen molar-refractivity contribution in [1.82, 2.24) is 9.80 Å². The van der Waals surface area contributed by atoms with Gasteiger partial charge < -0.3 is 14.4 Å². The fourth-order valence-electron chi connectivity index (χ4n) is 3.76. The van der Waals surface area contributed by atoms with E-state index in [0.717, 1.165) is 35.8 Å². The molecule has 0 saturated carbocycles. The van der Waals surface area contributed by atoms with Crippen LogP contribution in [0.4, 0.5) is 4.39 Å². The van der Waals surface area contributed by atoms with Crippen LogP contribution in [-0.2, 0) is 6.54 Å². The highest BCUT2D eigenvalue weighted by molar-refractivity contribution is 7.17. The minimum atomic E-state index is -0.271. The first kappa shape index (κ1) is 21.3. The van der Waals surface area contributed by atoms with E-state index in [1.54, 1.807) is 38.5 Å². The van der Waals surface area contributed by atoms with Crippen LogP contribution in [0, 0.1) is 5.82 Å². The van der Waals surface area contributed by atoms with Crippen molar-refractivity contribution >= 4 is 17.2 Å². The Morgan fingerprint density at radius 3 is 2.42 bits per heavy atom. The van der Waals surface area contributed by atoms with Gasteiger partial charge in [0, 0.05) is 43.2 Å². The van der Waals surface area contributed by atoms with E-state index >= 15 is 0 Å². The van der Waals surface area contributed by atoms with E-state index in [-0.39, 0.29) is 11.7 Å². The zero-order chi connectivity index (χ0) is 21.8. The van der Waals surface area contributed by atoms with Gasteiger partial charge >= 0.3 is 0 Å². The Morgan fingerprint density at radius 2 is 1.71 bits per heavy atom. The predicted octanol–water partition coefficient (Wildman–Crippen LogP) is 4.53. The maximum Gasteiger partial charge on any atom is 0.264 e. The number of hydrogen-bond donors (Lipinski definition) is 0. The molecule has 1 fully saturated rings. The first-order valence-electron chi connectivity index (χ1n) is 10.2. The van der Waals surface area contributed by atoms with E-state index in [1.807, 2.05) is 29.2 Å². The first-order chi connectivity index (χ1) is 15.1. The smallest absolute Gasteiger partial charge is 0.264 e. The molecular weight excluding hydrogens is 415 g/mol. The number of thiophene rings is 1. The van der Waals surface area contributed by atoms with E-state index in [2.05, 4.69) is 4.90 Å². The molecule has 0 spiro atoms. The second kappa shape index (κ2) is 9.49. The third-order valence-corrected chi connectivity index (χ3v) is 6.58. The largest absolute Gasteiger partial charge is 0.493 e. The molecule has 4 rings (SSSR count). The van der Waals surface area contributed by atoms with E-state index in [0.29, 0.717) is 29.3 Å². The summed E-state index contributed by atoms with van der Waals surface area (Å²) < 4.78 is 24.7. The second-order valence-electron chi connectivity index (χ2n) is 7.40. The summed E-state index contributed by atoms with van der Waals surface area (Å²) in [5.74, 6) is 1.18. The van der Waals surface area contributed by atoms with Crippen molar-refractivity contribution in [2.24, 2.45) is 0 Å². The van der Waals surface area contributed by atoms with E-state index in [4.69, 9.17) is 9.47 Å². The highest BCUT2D eigenvalue weighted by Crippen LogP contribution is 2.31. The van der Waals surface area contributed by atoms with Gasteiger partial charge in [0.05, 0.1) is 19.1 Å². The maximum atomic E-state index is 14.0. The van der Waals surface area contributed by atoms with Crippen molar-refractivity contribution in [2.45, 2.75) is 6.54 Å². The molecule has 2 heterocycles. The second-order valence-corrected chi connectivity index (χ2v) is 8.49. The molecule has 0 N–H and O–H groups in total. The number of amides is 1. The monoisotopic (exact) mass is 440 g/mol. The molecule has 5 nitrogen and oxygen atoms in total. The van der Waals surface area contributed by atoms with E-state index in [9.17, 15) is 9.18 Å². The minimum Gasteiger partial charge on any atom is -0.493 e. The number of halogens is 1. The Kier molecular flexibility index (Phi) is 6.53. The normalized spacial score (nSPS) is 14.5.